The minimum atomic E-state index is -1.07. The first-order valence-corrected chi connectivity index (χ1v) is 12.1. The molecule has 0 aromatic carbocycles. The maximum atomic E-state index is 13.9. The molecule has 1 unspecified atom stereocenters. The molecule has 2 aromatic rings. The van der Waals surface area contributed by atoms with Crippen LogP contribution in [-0.2, 0) is 22.4 Å². The van der Waals surface area contributed by atoms with Gasteiger partial charge in [-0.15, -0.1) is 10.2 Å². The van der Waals surface area contributed by atoms with Crippen LogP contribution in [0.4, 0.5) is 8.78 Å². The number of rotatable bonds is 8. The topological polar surface area (TPSA) is 107 Å². The number of halogens is 2. The van der Waals surface area contributed by atoms with Crippen molar-refractivity contribution in [3.05, 3.63) is 63.5 Å². The third-order valence-electron chi connectivity index (χ3n) is 6.15. The van der Waals surface area contributed by atoms with Crippen LogP contribution in [0.5, 0.6) is 5.75 Å². The van der Waals surface area contributed by atoms with E-state index in [0.29, 0.717) is 31.0 Å². The average Bonchev–Trinajstić information content (AvgIpc) is 3.33. The van der Waals surface area contributed by atoms with E-state index in [2.05, 4.69) is 21.5 Å². The van der Waals surface area contributed by atoms with Crippen molar-refractivity contribution in [2.45, 2.75) is 32.0 Å². The van der Waals surface area contributed by atoms with Crippen molar-refractivity contribution in [2.75, 3.05) is 26.9 Å². The zero-order valence-electron chi connectivity index (χ0n) is 19.9. The van der Waals surface area contributed by atoms with Crippen molar-refractivity contribution in [3.8, 4) is 16.3 Å². The standard InChI is InChI=1S/C24H26F2N4O5S/c1-4-24-13-29-12-15(20(31)21(32)19(29)23(33)30(24)8-5-9-35-24)22-28-27-18(36-22)10-14(2)6-7-16(26)17(11-25)34-3/h4,6-7,12,14,32H,1,5,8-11,13H2,2-3H3/b7-6-,17-16-/t14?,24-/m0/s1. The Morgan fingerprint density at radius 1 is 1.44 bits per heavy atom. The highest BCUT2D eigenvalue weighted by molar-refractivity contribution is 7.14. The van der Waals surface area contributed by atoms with Crippen molar-refractivity contribution < 1.29 is 28.2 Å². The number of aromatic nitrogens is 3. The number of alkyl halides is 1. The number of pyridine rings is 1. The molecule has 0 bridgehead atoms. The van der Waals surface area contributed by atoms with Gasteiger partial charge in [-0.05, 0) is 24.5 Å². The second-order valence-electron chi connectivity index (χ2n) is 8.56. The third-order valence-corrected chi connectivity index (χ3v) is 7.13. The predicted molar refractivity (Wildman–Crippen MR) is 129 cm³/mol. The molecule has 1 N–H and O–H groups in total. The number of allylic oxidation sites excluding steroid dienone is 4. The lowest BCUT2D eigenvalue weighted by atomic mass is 10.0. The van der Waals surface area contributed by atoms with Crippen LogP contribution in [0.1, 0.15) is 28.8 Å². The molecule has 2 aromatic heterocycles. The van der Waals surface area contributed by atoms with E-state index in [9.17, 15) is 23.5 Å². The van der Waals surface area contributed by atoms with E-state index in [1.165, 1.54) is 22.8 Å². The van der Waals surface area contributed by atoms with Gasteiger partial charge in [-0.1, -0.05) is 30.9 Å². The fourth-order valence-electron chi connectivity index (χ4n) is 4.25. The summed E-state index contributed by atoms with van der Waals surface area (Å²) < 4.78 is 38.6. The monoisotopic (exact) mass is 520 g/mol. The SMILES string of the molecule is C=C[C@]12Cn3cc(-c4nnc(CC(C)/C=C\C(F)=C(/CF)OC)s4)c(=O)c(O)c3C(=O)N1CCCO2. The maximum Gasteiger partial charge on any atom is 0.277 e. The molecule has 2 aliphatic heterocycles. The van der Waals surface area contributed by atoms with Gasteiger partial charge in [-0.25, -0.2) is 8.78 Å². The Morgan fingerprint density at radius 3 is 2.92 bits per heavy atom. The summed E-state index contributed by atoms with van der Waals surface area (Å²) in [6.07, 6.45) is 6.76. The normalized spacial score (nSPS) is 21.1. The predicted octanol–water partition coefficient (Wildman–Crippen LogP) is 3.36. The molecule has 0 aliphatic carbocycles. The summed E-state index contributed by atoms with van der Waals surface area (Å²) in [6, 6.07) is 0. The van der Waals surface area contributed by atoms with Gasteiger partial charge in [0.05, 0.1) is 25.8 Å². The minimum Gasteiger partial charge on any atom is -0.503 e. The number of ether oxygens (including phenoxy) is 2. The molecule has 2 atom stereocenters. The molecule has 0 saturated carbocycles. The summed E-state index contributed by atoms with van der Waals surface area (Å²) in [5.74, 6) is -2.52. The number of hydrogen-bond donors (Lipinski definition) is 1. The van der Waals surface area contributed by atoms with E-state index < -0.39 is 35.3 Å². The summed E-state index contributed by atoms with van der Waals surface area (Å²) >= 11 is 1.15. The Labute approximate surface area is 210 Å². The molecule has 1 amide bonds. The van der Waals surface area contributed by atoms with Crippen LogP contribution >= 0.6 is 11.3 Å². The van der Waals surface area contributed by atoms with E-state index in [-0.39, 0.29) is 34.5 Å². The Kier molecular flexibility index (Phi) is 7.36. The maximum absolute atomic E-state index is 13.9. The second-order valence-corrected chi connectivity index (χ2v) is 9.62. The number of aromatic hydroxyl groups is 1. The summed E-state index contributed by atoms with van der Waals surface area (Å²) in [6.45, 7) is 5.64. The van der Waals surface area contributed by atoms with E-state index >= 15 is 0 Å². The lowest BCUT2D eigenvalue weighted by molar-refractivity contribution is -0.148. The molecule has 12 heteroatoms. The van der Waals surface area contributed by atoms with Gasteiger partial charge in [0.1, 0.15) is 11.7 Å². The molecular weight excluding hydrogens is 494 g/mol. The van der Waals surface area contributed by atoms with Crippen molar-refractivity contribution in [1.82, 2.24) is 19.7 Å². The summed E-state index contributed by atoms with van der Waals surface area (Å²) in [4.78, 5) is 27.6. The number of carbonyl (C=O) groups is 1. The van der Waals surface area contributed by atoms with E-state index in [1.807, 2.05) is 6.92 Å². The smallest absolute Gasteiger partial charge is 0.277 e. The Bertz CT molecular complexity index is 1300. The van der Waals surface area contributed by atoms with Crippen LogP contribution in [-0.4, -0.2) is 63.3 Å². The first kappa shape index (κ1) is 25.7. The van der Waals surface area contributed by atoms with Gasteiger partial charge in [0.15, 0.2) is 33.8 Å². The molecule has 9 nitrogen and oxygen atoms in total. The molecule has 4 rings (SSSR count). The fraction of sp³-hybridized carbons (Fsp3) is 0.417. The number of amides is 1. The molecule has 1 fully saturated rings. The van der Waals surface area contributed by atoms with Gasteiger partial charge in [-0.2, -0.15) is 0 Å². The highest BCUT2D eigenvalue weighted by Gasteiger charge is 2.47. The van der Waals surface area contributed by atoms with Crippen molar-refractivity contribution >= 4 is 17.2 Å². The number of carbonyl (C=O) groups excluding carboxylic acids is 1. The zero-order valence-corrected chi connectivity index (χ0v) is 20.7. The van der Waals surface area contributed by atoms with Gasteiger partial charge < -0.3 is 24.0 Å². The molecule has 36 heavy (non-hydrogen) atoms. The van der Waals surface area contributed by atoms with E-state index in [1.54, 1.807) is 12.2 Å². The van der Waals surface area contributed by atoms with E-state index in [4.69, 9.17) is 4.74 Å². The lowest BCUT2D eigenvalue weighted by Crippen LogP contribution is -2.61. The van der Waals surface area contributed by atoms with Crippen LogP contribution in [0.15, 0.2) is 47.4 Å². The second kappa shape index (κ2) is 10.3. The first-order chi connectivity index (χ1) is 17.2. The van der Waals surface area contributed by atoms with Crippen LogP contribution in [0, 0.1) is 5.92 Å². The van der Waals surface area contributed by atoms with Crippen LogP contribution in [0.2, 0.25) is 0 Å². The van der Waals surface area contributed by atoms with Gasteiger partial charge in [0.25, 0.3) is 5.91 Å². The molecule has 2 aliphatic rings. The Morgan fingerprint density at radius 2 is 2.22 bits per heavy atom. The lowest BCUT2D eigenvalue weighted by Gasteiger charge is -2.48. The van der Waals surface area contributed by atoms with Crippen molar-refractivity contribution in [2.24, 2.45) is 5.92 Å². The van der Waals surface area contributed by atoms with Crippen LogP contribution < -0.4 is 5.43 Å². The van der Waals surface area contributed by atoms with Gasteiger partial charge in [0.2, 0.25) is 5.43 Å². The number of fused-ring (bicyclic) bond motifs is 2. The van der Waals surface area contributed by atoms with Crippen LogP contribution in [0.3, 0.4) is 0 Å². The molecule has 0 spiro atoms. The van der Waals surface area contributed by atoms with Gasteiger partial charge in [-0.3, -0.25) is 9.59 Å². The molecule has 1 saturated heterocycles. The molecular formula is C24H26F2N4O5S. The quantitative estimate of drug-likeness (QED) is 0.323. The first-order valence-electron chi connectivity index (χ1n) is 11.3. The fourth-order valence-corrected chi connectivity index (χ4v) is 5.23. The summed E-state index contributed by atoms with van der Waals surface area (Å²) in [5.41, 5.74) is -1.79. The third kappa shape index (κ3) is 4.58. The van der Waals surface area contributed by atoms with Gasteiger partial charge in [0, 0.05) is 19.2 Å². The summed E-state index contributed by atoms with van der Waals surface area (Å²) in [5, 5.41) is 19.8. The van der Waals surface area contributed by atoms with E-state index in [0.717, 1.165) is 17.4 Å². The highest BCUT2D eigenvalue weighted by Crippen LogP contribution is 2.36. The number of hydrogen-bond acceptors (Lipinski definition) is 8. The Hall–Kier alpha value is -3.38. The molecule has 192 valence electrons. The van der Waals surface area contributed by atoms with Crippen molar-refractivity contribution in [3.63, 3.8) is 0 Å². The zero-order chi connectivity index (χ0) is 26.0. The van der Waals surface area contributed by atoms with Gasteiger partial charge >= 0.3 is 0 Å². The number of methoxy groups -OCH3 is 1. The molecule has 0 radical (unpaired) electrons. The average molecular weight is 521 g/mol. The minimum absolute atomic E-state index is 0.0983. The summed E-state index contributed by atoms with van der Waals surface area (Å²) in [7, 11) is 1.20. The van der Waals surface area contributed by atoms with Crippen LogP contribution in [0.25, 0.3) is 10.6 Å². The number of nitrogens with zero attached hydrogens (tertiary/aromatic N) is 4. The Balaban J connectivity index is 1.61. The molecule has 4 heterocycles. The highest BCUT2D eigenvalue weighted by atomic mass is 32.1. The largest absolute Gasteiger partial charge is 0.503 e. The van der Waals surface area contributed by atoms with Crippen molar-refractivity contribution in [1.29, 1.82) is 0 Å².